The Bertz CT molecular complexity index is 370. The summed E-state index contributed by atoms with van der Waals surface area (Å²) in [4.78, 5) is 10.1. The fourth-order valence-corrected chi connectivity index (χ4v) is 1.72. The molecule has 1 rings (SSSR count). The molecule has 1 aromatic carbocycles. The van der Waals surface area contributed by atoms with Gasteiger partial charge < -0.3 is 10.8 Å². The van der Waals surface area contributed by atoms with Gasteiger partial charge in [-0.15, -0.1) is 0 Å². The standard InChI is InChI=1S/C9H11BrN2O3/c10-7-3-6(9(13)1-2-11)4-8(5-7)12(14)15/h3-5,9,13H,1-2,11H2/t9-/m0/s1. The molecule has 0 heterocycles. The molecule has 0 saturated heterocycles. The number of aliphatic hydroxyl groups is 1. The largest absolute Gasteiger partial charge is 0.388 e. The molecule has 0 radical (unpaired) electrons. The van der Waals surface area contributed by atoms with Crippen molar-refractivity contribution in [2.45, 2.75) is 12.5 Å². The van der Waals surface area contributed by atoms with Gasteiger partial charge in [0, 0.05) is 16.6 Å². The van der Waals surface area contributed by atoms with Crippen LogP contribution in [0.25, 0.3) is 0 Å². The third kappa shape index (κ3) is 3.26. The number of nitrogens with two attached hydrogens (primary N) is 1. The van der Waals surface area contributed by atoms with Gasteiger partial charge in [-0.3, -0.25) is 10.1 Å². The Kier molecular flexibility index (Phi) is 4.19. The maximum atomic E-state index is 10.6. The Hall–Kier alpha value is -0.980. The first-order valence-electron chi connectivity index (χ1n) is 4.37. The summed E-state index contributed by atoms with van der Waals surface area (Å²) in [6.07, 6.45) is -0.376. The molecular formula is C9H11BrN2O3. The molecule has 6 heteroatoms. The second-order valence-electron chi connectivity index (χ2n) is 3.09. The van der Waals surface area contributed by atoms with E-state index in [0.29, 0.717) is 23.0 Å². The van der Waals surface area contributed by atoms with Gasteiger partial charge in [-0.05, 0) is 24.6 Å². The van der Waals surface area contributed by atoms with Gasteiger partial charge in [0.15, 0.2) is 0 Å². The van der Waals surface area contributed by atoms with Crippen LogP contribution < -0.4 is 5.73 Å². The number of nitro groups is 1. The van der Waals surface area contributed by atoms with E-state index in [0.717, 1.165) is 0 Å². The van der Waals surface area contributed by atoms with Crippen LogP contribution in [0.15, 0.2) is 22.7 Å². The smallest absolute Gasteiger partial charge is 0.270 e. The van der Waals surface area contributed by atoms with Gasteiger partial charge >= 0.3 is 0 Å². The third-order valence-electron chi connectivity index (χ3n) is 1.94. The Morgan fingerprint density at radius 1 is 1.53 bits per heavy atom. The van der Waals surface area contributed by atoms with E-state index in [1.807, 2.05) is 0 Å². The summed E-state index contributed by atoms with van der Waals surface area (Å²) in [5.41, 5.74) is 5.75. The predicted octanol–water partition coefficient (Wildman–Crippen LogP) is 1.74. The first-order chi connectivity index (χ1) is 7.04. The summed E-state index contributed by atoms with van der Waals surface area (Å²) >= 11 is 3.15. The van der Waals surface area contributed by atoms with Crippen LogP contribution in [-0.2, 0) is 0 Å². The number of hydrogen-bond acceptors (Lipinski definition) is 4. The number of nitro benzene ring substituents is 1. The molecule has 15 heavy (non-hydrogen) atoms. The number of nitrogens with zero attached hydrogens (tertiary/aromatic N) is 1. The predicted molar refractivity (Wildman–Crippen MR) is 59.4 cm³/mol. The molecule has 1 aromatic rings. The first-order valence-corrected chi connectivity index (χ1v) is 5.17. The summed E-state index contributed by atoms with van der Waals surface area (Å²) in [5.74, 6) is 0. The number of non-ortho nitro benzene ring substituents is 1. The minimum atomic E-state index is -0.758. The minimum Gasteiger partial charge on any atom is -0.388 e. The Morgan fingerprint density at radius 2 is 2.20 bits per heavy atom. The molecule has 0 aliphatic carbocycles. The summed E-state index contributed by atoms with van der Waals surface area (Å²) in [6, 6.07) is 4.39. The SMILES string of the molecule is NCC[C@H](O)c1cc(Br)cc([N+](=O)[O-])c1. The molecule has 0 bridgehead atoms. The molecule has 0 aliphatic heterocycles. The number of halogens is 1. The molecule has 3 N–H and O–H groups in total. The van der Waals surface area contributed by atoms with Crippen molar-refractivity contribution in [3.63, 3.8) is 0 Å². The zero-order chi connectivity index (χ0) is 11.4. The van der Waals surface area contributed by atoms with Gasteiger partial charge in [0.05, 0.1) is 11.0 Å². The number of rotatable bonds is 4. The fourth-order valence-electron chi connectivity index (χ4n) is 1.22. The van der Waals surface area contributed by atoms with E-state index < -0.39 is 11.0 Å². The monoisotopic (exact) mass is 274 g/mol. The van der Waals surface area contributed by atoms with Crippen LogP contribution in [0.1, 0.15) is 18.1 Å². The van der Waals surface area contributed by atoms with E-state index in [1.54, 1.807) is 6.07 Å². The Balaban J connectivity index is 3.03. The van der Waals surface area contributed by atoms with Crippen LogP contribution in [0.4, 0.5) is 5.69 Å². The van der Waals surface area contributed by atoms with Crippen LogP contribution in [0.2, 0.25) is 0 Å². The van der Waals surface area contributed by atoms with Gasteiger partial charge in [0.2, 0.25) is 0 Å². The lowest BCUT2D eigenvalue weighted by Crippen LogP contribution is -2.07. The molecular weight excluding hydrogens is 264 g/mol. The fraction of sp³-hybridized carbons (Fsp3) is 0.333. The Morgan fingerprint density at radius 3 is 2.73 bits per heavy atom. The average molecular weight is 275 g/mol. The lowest BCUT2D eigenvalue weighted by Gasteiger charge is -2.09. The van der Waals surface area contributed by atoms with E-state index in [-0.39, 0.29) is 5.69 Å². The van der Waals surface area contributed by atoms with Gasteiger partial charge in [0.1, 0.15) is 0 Å². The average Bonchev–Trinajstić information content (AvgIpc) is 2.17. The maximum absolute atomic E-state index is 10.6. The summed E-state index contributed by atoms with van der Waals surface area (Å²) in [7, 11) is 0. The number of benzene rings is 1. The van der Waals surface area contributed by atoms with Crippen molar-refractivity contribution in [3.05, 3.63) is 38.3 Å². The third-order valence-corrected chi connectivity index (χ3v) is 2.40. The highest BCUT2D eigenvalue weighted by atomic mass is 79.9. The highest BCUT2D eigenvalue weighted by molar-refractivity contribution is 9.10. The van der Waals surface area contributed by atoms with Crippen LogP contribution in [0.5, 0.6) is 0 Å². The molecule has 0 fully saturated rings. The van der Waals surface area contributed by atoms with Crippen molar-refractivity contribution in [3.8, 4) is 0 Å². The highest BCUT2D eigenvalue weighted by Gasteiger charge is 2.13. The van der Waals surface area contributed by atoms with E-state index in [1.165, 1.54) is 12.1 Å². The van der Waals surface area contributed by atoms with Gasteiger partial charge in [-0.1, -0.05) is 15.9 Å². The zero-order valence-electron chi connectivity index (χ0n) is 7.89. The lowest BCUT2D eigenvalue weighted by atomic mass is 10.1. The normalized spacial score (nSPS) is 12.5. The lowest BCUT2D eigenvalue weighted by molar-refractivity contribution is -0.385. The van der Waals surface area contributed by atoms with E-state index >= 15 is 0 Å². The molecule has 5 nitrogen and oxygen atoms in total. The van der Waals surface area contributed by atoms with Gasteiger partial charge in [0.25, 0.3) is 5.69 Å². The van der Waals surface area contributed by atoms with Crippen LogP contribution in [0.3, 0.4) is 0 Å². The van der Waals surface area contributed by atoms with E-state index in [4.69, 9.17) is 5.73 Å². The van der Waals surface area contributed by atoms with Crippen LogP contribution in [0, 0.1) is 10.1 Å². The molecule has 0 saturated carbocycles. The number of aliphatic hydroxyl groups excluding tert-OH is 1. The van der Waals surface area contributed by atoms with E-state index in [9.17, 15) is 15.2 Å². The summed E-state index contributed by atoms with van der Waals surface area (Å²) in [6.45, 7) is 0.335. The van der Waals surface area contributed by atoms with Crippen LogP contribution in [-0.4, -0.2) is 16.6 Å². The highest BCUT2D eigenvalue weighted by Crippen LogP contribution is 2.26. The second-order valence-corrected chi connectivity index (χ2v) is 4.01. The molecule has 0 unspecified atom stereocenters. The first kappa shape index (κ1) is 12.1. The molecule has 0 spiro atoms. The topological polar surface area (TPSA) is 89.4 Å². The summed E-state index contributed by atoms with van der Waals surface area (Å²) < 4.78 is 0.572. The van der Waals surface area contributed by atoms with E-state index in [2.05, 4.69) is 15.9 Å². The van der Waals surface area contributed by atoms with Gasteiger partial charge in [-0.2, -0.15) is 0 Å². The van der Waals surface area contributed by atoms with Crippen molar-refractivity contribution in [2.24, 2.45) is 5.73 Å². The minimum absolute atomic E-state index is 0.0459. The van der Waals surface area contributed by atoms with Crippen molar-refractivity contribution < 1.29 is 10.0 Å². The molecule has 0 amide bonds. The van der Waals surface area contributed by atoms with Gasteiger partial charge in [-0.25, -0.2) is 0 Å². The van der Waals surface area contributed by atoms with Crippen molar-refractivity contribution in [1.29, 1.82) is 0 Å². The number of hydrogen-bond donors (Lipinski definition) is 2. The van der Waals surface area contributed by atoms with Crippen molar-refractivity contribution in [2.75, 3.05) is 6.54 Å². The molecule has 0 aromatic heterocycles. The molecule has 82 valence electrons. The molecule has 0 aliphatic rings. The molecule has 1 atom stereocenters. The maximum Gasteiger partial charge on any atom is 0.270 e. The van der Waals surface area contributed by atoms with Crippen molar-refractivity contribution in [1.82, 2.24) is 0 Å². The van der Waals surface area contributed by atoms with Crippen LogP contribution >= 0.6 is 15.9 Å². The summed E-state index contributed by atoms with van der Waals surface area (Å²) in [5, 5.41) is 20.2. The Labute approximate surface area is 95.2 Å². The van der Waals surface area contributed by atoms with Crippen molar-refractivity contribution >= 4 is 21.6 Å². The quantitative estimate of drug-likeness (QED) is 0.647. The zero-order valence-corrected chi connectivity index (χ0v) is 9.48. The second kappa shape index (κ2) is 5.20.